The molecule has 0 saturated carbocycles. The first-order chi connectivity index (χ1) is 11.6. The lowest BCUT2D eigenvalue weighted by Crippen LogP contribution is -2.35. The van der Waals surface area contributed by atoms with Crippen LogP contribution in [0.1, 0.15) is 38.9 Å². The number of aryl methyl sites for hydroxylation is 4. The minimum atomic E-state index is -1.33. The molecule has 0 fully saturated rings. The van der Waals surface area contributed by atoms with E-state index in [4.69, 9.17) is 0 Å². The maximum absolute atomic E-state index is 12.5. The Kier molecular flexibility index (Phi) is 4.87. The molecule has 0 aliphatic carbocycles. The van der Waals surface area contributed by atoms with Gasteiger partial charge in [-0.15, -0.1) is 0 Å². The zero-order chi connectivity index (χ0) is 18.9. The number of carboxylic acid groups (broad SMARTS) is 1. The van der Waals surface area contributed by atoms with E-state index >= 15 is 0 Å². The van der Waals surface area contributed by atoms with Crippen molar-refractivity contribution in [2.45, 2.75) is 26.8 Å². The molecule has 0 radical (unpaired) electrons. The average Bonchev–Trinajstić information content (AvgIpc) is 2.77. The molecule has 25 heavy (non-hydrogen) atoms. The lowest BCUT2D eigenvalue weighted by atomic mass is 10.0. The summed E-state index contributed by atoms with van der Waals surface area (Å²) in [5.74, 6) is -2.14. The quantitative estimate of drug-likeness (QED) is 0.628. The van der Waals surface area contributed by atoms with Crippen LogP contribution in [0.3, 0.4) is 0 Å². The zero-order valence-electron chi connectivity index (χ0n) is 14.2. The van der Waals surface area contributed by atoms with Crippen LogP contribution in [0.4, 0.5) is 5.69 Å². The van der Waals surface area contributed by atoms with E-state index in [0.717, 1.165) is 15.8 Å². The van der Waals surface area contributed by atoms with Gasteiger partial charge < -0.3 is 10.4 Å². The van der Waals surface area contributed by atoms with Gasteiger partial charge in [0, 0.05) is 7.05 Å². The molecule has 1 atom stereocenters. The molecule has 1 heterocycles. The minimum absolute atomic E-state index is 0.0796. The van der Waals surface area contributed by atoms with Gasteiger partial charge in [-0.2, -0.15) is 5.10 Å². The Morgan fingerprint density at radius 3 is 2.28 bits per heavy atom. The predicted octanol–water partition coefficient (Wildman–Crippen LogP) is 1.81. The number of hydrogen-bond acceptors (Lipinski definition) is 5. The van der Waals surface area contributed by atoms with E-state index in [2.05, 4.69) is 10.4 Å². The number of rotatable bonds is 5. The van der Waals surface area contributed by atoms with Crippen molar-refractivity contribution in [1.82, 2.24) is 15.1 Å². The van der Waals surface area contributed by atoms with Gasteiger partial charge in [-0.3, -0.25) is 19.6 Å². The summed E-state index contributed by atoms with van der Waals surface area (Å²) in [5, 5.41) is 26.9. The van der Waals surface area contributed by atoms with Gasteiger partial charge in [-0.25, -0.2) is 4.79 Å². The van der Waals surface area contributed by atoms with E-state index < -0.39 is 28.5 Å². The van der Waals surface area contributed by atoms with Gasteiger partial charge >= 0.3 is 11.7 Å². The largest absolute Gasteiger partial charge is 0.479 e. The van der Waals surface area contributed by atoms with Crippen LogP contribution >= 0.6 is 0 Å². The maximum Gasteiger partial charge on any atom is 0.330 e. The fourth-order valence-electron chi connectivity index (χ4n) is 2.78. The molecular weight excluding hydrogens is 328 g/mol. The van der Waals surface area contributed by atoms with Crippen molar-refractivity contribution < 1.29 is 19.6 Å². The second-order valence-electron chi connectivity index (χ2n) is 5.83. The number of carbonyl (C=O) groups is 2. The molecule has 9 nitrogen and oxygen atoms in total. The molecule has 1 aromatic heterocycles. The molecule has 0 spiro atoms. The van der Waals surface area contributed by atoms with Crippen molar-refractivity contribution in [3.63, 3.8) is 0 Å². The normalized spacial score (nSPS) is 11.8. The van der Waals surface area contributed by atoms with Crippen molar-refractivity contribution in [2.24, 2.45) is 7.05 Å². The maximum atomic E-state index is 12.5. The third-order valence-electron chi connectivity index (χ3n) is 3.69. The molecule has 132 valence electrons. The molecule has 0 aliphatic rings. The van der Waals surface area contributed by atoms with Gasteiger partial charge in [0.15, 0.2) is 6.04 Å². The molecule has 0 saturated heterocycles. The number of hydrogen-bond donors (Lipinski definition) is 2. The van der Waals surface area contributed by atoms with E-state index in [1.54, 1.807) is 12.1 Å². The monoisotopic (exact) mass is 346 g/mol. The van der Waals surface area contributed by atoms with Gasteiger partial charge in [0.2, 0.25) is 5.69 Å². The molecule has 1 unspecified atom stereocenters. The van der Waals surface area contributed by atoms with Crippen LogP contribution in [0.5, 0.6) is 0 Å². The molecule has 1 aromatic carbocycles. The molecule has 0 bridgehead atoms. The summed E-state index contributed by atoms with van der Waals surface area (Å²) in [7, 11) is 1.39. The number of nitrogens with one attached hydrogen (secondary N) is 1. The average molecular weight is 346 g/mol. The number of nitrogens with zero attached hydrogens (tertiary/aromatic N) is 3. The van der Waals surface area contributed by atoms with Crippen LogP contribution in [0.15, 0.2) is 18.2 Å². The van der Waals surface area contributed by atoms with Gasteiger partial charge in [0.25, 0.3) is 5.91 Å². The number of aromatic nitrogens is 2. The molecule has 2 rings (SSSR count). The van der Waals surface area contributed by atoms with Crippen LogP contribution < -0.4 is 5.32 Å². The second-order valence-corrected chi connectivity index (χ2v) is 5.83. The summed E-state index contributed by atoms with van der Waals surface area (Å²) < 4.78 is 1.07. The first-order valence-electron chi connectivity index (χ1n) is 7.41. The Bertz CT molecular complexity index is 851. The molecule has 9 heteroatoms. The summed E-state index contributed by atoms with van der Waals surface area (Å²) in [6.45, 7) is 5.03. The minimum Gasteiger partial charge on any atom is -0.479 e. The lowest BCUT2D eigenvalue weighted by molar-refractivity contribution is -0.385. The van der Waals surface area contributed by atoms with Crippen LogP contribution in [-0.4, -0.2) is 31.7 Å². The highest BCUT2D eigenvalue weighted by molar-refractivity contribution is 5.99. The molecule has 1 amide bonds. The van der Waals surface area contributed by atoms with Crippen molar-refractivity contribution in [1.29, 1.82) is 0 Å². The molecular formula is C16H18N4O5. The van der Waals surface area contributed by atoms with Gasteiger partial charge in [0.05, 0.1) is 4.92 Å². The zero-order valence-corrected chi connectivity index (χ0v) is 14.2. The number of aliphatic carboxylic acids is 1. The fourth-order valence-corrected chi connectivity index (χ4v) is 2.78. The van der Waals surface area contributed by atoms with E-state index in [9.17, 15) is 24.8 Å². The third kappa shape index (κ3) is 3.65. The lowest BCUT2D eigenvalue weighted by Gasteiger charge is -2.16. The number of nitro groups is 1. The van der Waals surface area contributed by atoms with Crippen molar-refractivity contribution in [3.05, 3.63) is 56.4 Å². The smallest absolute Gasteiger partial charge is 0.330 e. The predicted molar refractivity (Wildman–Crippen MR) is 88.4 cm³/mol. The van der Waals surface area contributed by atoms with Gasteiger partial charge in [0.1, 0.15) is 5.69 Å². The standard InChI is InChI=1S/C16H18N4O5/c1-8-5-9(2)7-11(6-8)12(16(22)23)17-15(21)14-13(20(24)25)10(3)18-19(14)4/h5-7,12H,1-4H3,(H,17,21)(H,22,23). The highest BCUT2D eigenvalue weighted by atomic mass is 16.6. The van der Waals surface area contributed by atoms with Gasteiger partial charge in [-0.05, 0) is 26.3 Å². The van der Waals surface area contributed by atoms with E-state index in [1.807, 2.05) is 19.9 Å². The summed E-state index contributed by atoms with van der Waals surface area (Å²) >= 11 is 0. The van der Waals surface area contributed by atoms with E-state index in [-0.39, 0.29) is 11.4 Å². The van der Waals surface area contributed by atoms with E-state index in [1.165, 1.54) is 14.0 Å². The van der Waals surface area contributed by atoms with Crippen molar-refractivity contribution in [3.8, 4) is 0 Å². The summed E-state index contributed by atoms with van der Waals surface area (Å²) in [6, 6.07) is 3.84. The molecule has 2 aromatic rings. The SMILES string of the molecule is Cc1cc(C)cc(C(NC(=O)c2c([N+](=O)[O-])c(C)nn2C)C(=O)O)c1. The first kappa shape index (κ1) is 18.1. The fraction of sp³-hybridized carbons (Fsp3) is 0.312. The Morgan fingerprint density at radius 1 is 1.24 bits per heavy atom. The molecule has 0 aliphatic heterocycles. The number of carboxylic acids is 1. The Morgan fingerprint density at radius 2 is 1.80 bits per heavy atom. The van der Waals surface area contributed by atoms with Crippen LogP contribution in [0.2, 0.25) is 0 Å². The van der Waals surface area contributed by atoms with Crippen LogP contribution in [0.25, 0.3) is 0 Å². The summed E-state index contributed by atoms with van der Waals surface area (Å²) in [5.41, 5.74) is 1.43. The van der Waals surface area contributed by atoms with Crippen molar-refractivity contribution in [2.75, 3.05) is 0 Å². The summed E-state index contributed by atoms with van der Waals surface area (Å²) in [4.78, 5) is 34.6. The van der Waals surface area contributed by atoms with Crippen LogP contribution in [-0.2, 0) is 11.8 Å². The second kappa shape index (κ2) is 6.71. The topological polar surface area (TPSA) is 127 Å². The van der Waals surface area contributed by atoms with E-state index in [0.29, 0.717) is 5.56 Å². The third-order valence-corrected chi connectivity index (χ3v) is 3.69. The first-order valence-corrected chi connectivity index (χ1v) is 7.41. The molecule has 2 N–H and O–H groups in total. The highest BCUT2D eigenvalue weighted by Crippen LogP contribution is 2.24. The Balaban J connectivity index is 2.43. The number of carbonyl (C=O) groups excluding carboxylic acids is 1. The Labute approximate surface area is 143 Å². The number of amides is 1. The highest BCUT2D eigenvalue weighted by Gasteiger charge is 2.32. The summed E-state index contributed by atoms with van der Waals surface area (Å²) in [6.07, 6.45) is 0. The number of benzene rings is 1. The van der Waals surface area contributed by atoms with Crippen LogP contribution in [0, 0.1) is 30.9 Å². The van der Waals surface area contributed by atoms with Gasteiger partial charge in [-0.1, -0.05) is 29.3 Å². The Hall–Kier alpha value is -3.23. The van der Waals surface area contributed by atoms with Crippen molar-refractivity contribution >= 4 is 17.6 Å².